The first-order chi connectivity index (χ1) is 14.6. The molecule has 3 fully saturated rings. The summed E-state index contributed by atoms with van der Waals surface area (Å²) in [4.78, 5) is 37.9. The average Bonchev–Trinajstić information content (AvgIpc) is 3.51. The van der Waals surface area contributed by atoms with Gasteiger partial charge in [-0.15, -0.1) is 0 Å². The van der Waals surface area contributed by atoms with Crippen molar-refractivity contribution in [2.45, 2.75) is 77.2 Å². The third kappa shape index (κ3) is 4.20. The molecule has 30 heavy (non-hydrogen) atoms. The van der Waals surface area contributed by atoms with Gasteiger partial charge in [0, 0.05) is 51.0 Å². The molecule has 2 aliphatic heterocycles. The molecule has 0 bridgehead atoms. The molecule has 1 N–H and O–H groups in total. The Balaban J connectivity index is 1.21. The molecule has 0 aromatic carbocycles. The maximum atomic E-state index is 12.9. The minimum atomic E-state index is 0.0636. The molecule has 4 aliphatic rings. The Morgan fingerprint density at radius 2 is 1.83 bits per heavy atom. The van der Waals surface area contributed by atoms with Crippen molar-refractivity contribution in [3.05, 3.63) is 27.4 Å². The lowest BCUT2D eigenvalue weighted by atomic mass is 9.88. The molecule has 6 nitrogen and oxygen atoms in total. The predicted molar refractivity (Wildman–Crippen MR) is 116 cm³/mol. The maximum absolute atomic E-state index is 12.9. The van der Waals surface area contributed by atoms with Gasteiger partial charge >= 0.3 is 0 Å². The number of hydrogen-bond acceptors (Lipinski definition) is 4. The molecule has 1 saturated heterocycles. The van der Waals surface area contributed by atoms with E-state index in [1.54, 1.807) is 0 Å². The molecule has 0 unspecified atom stereocenters. The number of hydrogen-bond donors (Lipinski definition) is 1. The lowest BCUT2D eigenvalue weighted by Crippen LogP contribution is -2.41. The van der Waals surface area contributed by atoms with E-state index in [1.807, 2.05) is 4.90 Å². The molecule has 0 radical (unpaired) electrons. The van der Waals surface area contributed by atoms with Crippen LogP contribution in [-0.4, -0.2) is 51.9 Å². The molecule has 2 saturated carbocycles. The van der Waals surface area contributed by atoms with Crippen molar-refractivity contribution >= 4 is 5.91 Å². The number of aromatic amines is 1. The fourth-order valence-electron chi connectivity index (χ4n) is 5.86. The molecule has 1 aromatic rings. The summed E-state index contributed by atoms with van der Waals surface area (Å²) in [5, 5.41) is 0. The molecule has 2 atom stereocenters. The second-order valence-electron chi connectivity index (χ2n) is 10.3. The minimum absolute atomic E-state index is 0.0636. The number of carbonyl (C=O) groups is 1. The van der Waals surface area contributed by atoms with Crippen LogP contribution in [-0.2, 0) is 17.8 Å². The Kier molecular flexibility index (Phi) is 5.69. The molecule has 0 spiro atoms. The Hall–Kier alpha value is -1.69. The summed E-state index contributed by atoms with van der Waals surface area (Å²) in [5.74, 6) is 3.09. The predicted octanol–water partition coefficient (Wildman–Crippen LogP) is 3.07. The number of nitrogens with zero attached hydrogens (tertiary/aromatic N) is 3. The lowest BCUT2D eigenvalue weighted by molar-refractivity contribution is -0.133. The fraction of sp³-hybridized carbons (Fsp3) is 0.792. The van der Waals surface area contributed by atoms with Crippen molar-refractivity contribution < 1.29 is 4.79 Å². The van der Waals surface area contributed by atoms with Gasteiger partial charge in [-0.3, -0.25) is 14.5 Å². The number of likely N-dealkylation sites (tertiary alicyclic amines) is 1. The highest BCUT2D eigenvalue weighted by atomic mass is 16.2. The summed E-state index contributed by atoms with van der Waals surface area (Å²) in [5.41, 5.74) is 1.96. The molecule has 1 amide bonds. The van der Waals surface area contributed by atoms with Gasteiger partial charge in [-0.25, -0.2) is 4.98 Å². The standard InChI is InChI=1S/C24H36N4O2/c1-16-13-19(16)24(30)28-11-7-18(8-12-28)22-25-21-9-10-27(15-20(21)23(29)26-22)14-17-5-3-2-4-6-17/h16-19H,2-15H2,1H3,(H,25,26,29)/t16-,19-/m1/s1. The highest BCUT2D eigenvalue weighted by molar-refractivity contribution is 5.81. The molecule has 2 aliphatic carbocycles. The van der Waals surface area contributed by atoms with Crippen molar-refractivity contribution in [1.82, 2.24) is 19.8 Å². The quantitative estimate of drug-likeness (QED) is 0.825. The van der Waals surface area contributed by atoms with E-state index in [9.17, 15) is 9.59 Å². The summed E-state index contributed by atoms with van der Waals surface area (Å²) in [6, 6.07) is 0. The number of H-pyrrole nitrogens is 1. The number of fused-ring (bicyclic) bond motifs is 1. The summed E-state index contributed by atoms with van der Waals surface area (Å²) in [6.07, 6.45) is 10.6. The number of piperidine rings is 1. The monoisotopic (exact) mass is 412 g/mol. The van der Waals surface area contributed by atoms with Crippen LogP contribution >= 0.6 is 0 Å². The van der Waals surface area contributed by atoms with Crippen LogP contribution in [0.25, 0.3) is 0 Å². The Bertz CT molecular complexity index is 836. The van der Waals surface area contributed by atoms with E-state index in [-0.39, 0.29) is 17.4 Å². The van der Waals surface area contributed by atoms with Crippen LogP contribution < -0.4 is 5.56 Å². The van der Waals surface area contributed by atoms with Crippen LogP contribution in [0.2, 0.25) is 0 Å². The second-order valence-corrected chi connectivity index (χ2v) is 10.3. The molecular formula is C24H36N4O2. The van der Waals surface area contributed by atoms with Crippen molar-refractivity contribution in [2.75, 3.05) is 26.2 Å². The second kappa shape index (κ2) is 8.45. The molecular weight excluding hydrogens is 376 g/mol. The smallest absolute Gasteiger partial charge is 0.255 e. The molecule has 3 heterocycles. The van der Waals surface area contributed by atoms with Gasteiger partial charge in [-0.05, 0) is 43.9 Å². The summed E-state index contributed by atoms with van der Waals surface area (Å²) >= 11 is 0. The zero-order chi connectivity index (χ0) is 20.7. The summed E-state index contributed by atoms with van der Waals surface area (Å²) < 4.78 is 0. The number of rotatable bonds is 4. The van der Waals surface area contributed by atoms with Gasteiger partial charge in [0.2, 0.25) is 5.91 Å². The SMILES string of the molecule is C[C@@H]1C[C@H]1C(=O)N1CCC(c2nc3c(c(=O)[nH]2)CN(CC2CCCCC2)CC3)CC1. The van der Waals surface area contributed by atoms with Gasteiger partial charge < -0.3 is 9.88 Å². The molecule has 164 valence electrons. The Labute approximate surface area is 179 Å². The van der Waals surface area contributed by atoms with Gasteiger partial charge in [-0.1, -0.05) is 26.2 Å². The highest BCUT2D eigenvalue weighted by Crippen LogP contribution is 2.40. The number of amides is 1. The van der Waals surface area contributed by atoms with Gasteiger partial charge in [0.25, 0.3) is 5.56 Å². The first-order valence-corrected chi connectivity index (χ1v) is 12.2. The third-order valence-electron chi connectivity index (χ3n) is 8.03. The molecule has 5 rings (SSSR count). The van der Waals surface area contributed by atoms with E-state index >= 15 is 0 Å². The van der Waals surface area contributed by atoms with Crippen molar-refractivity contribution in [1.29, 1.82) is 0 Å². The van der Waals surface area contributed by atoms with Crippen LogP contribution in [0.5, 0.6) is 0 Å². The maximum Gasteiger partial charge on any atom is 0.255 e. The van der Waals surface area contributed by atoms with Crippen LogP contribution in [0.1, 0.15) is 81.3 Å². The first-order valence-electron chi connectivity index (χ1n) is 12.2. The number of nitrogens with one attached hydrogen (secondary N) is 1. The van der Waals surface area contributed by atoms with Gasteiger partial charge in [0.05, 0.1) is 11.3 Å². The largest absolute Gasteiger partial charge is 0.342 e. The normalized spacial score (nSPS) is 28.4. The van der Waals surface area contributed by atoms with Gasteiger partial charge in [-0.2, -0.15) is 0 Å². The third-order valence-corrected chi connectivity index (χ3v) is 8.03. The zero-order valence-corrected chi connectivity index (χ0v) is 18.4. The van der Waals surface area contributed by atoms with Crippen LogP contribution in [0.3, 0.4) is 0 Å². The molecule has 1 aromatic heterocycles. The van der Waals surface area contributed by atoms with E-state index in [0.29, 0.717) is 11.8 Å². The minimum Gasteiger partial charge on any atom is -0.342 e. The van der Waals surface area contributed by atoms with Crippen LogP contribution in [0.15, 0.2) is 4.79 Å². The van der Waals surface area contributed by atoms with Crippen LogP contribution in [0, 0.1) is 17.8 Å². The number of aromatic nitrogens is 2. The van der Waals surface area contributed by atoms with Gasteiger partial charge in [0.15, 0.2) is 0 Å². The van der Waals surface area contributed by atoms with Crippen molar-refractivity contribution in [2.24, 2.45) is 17.8 Å². The topological polar surface area (TPSA) is 69.3 Å². The fourth-order valence-corrected chi connectivity index (χ4v) is 5.86. The van der Waals surface area contributed by atoms with E-state index in [4.69, 9.17) is 4.98 Å². The summed E-state index contributed by atoms with van der Waals surface area (Å²) in [6.45, 7) is 6.65. The van der Waals surface area contributed by atoms with E-state index in [2.05, 4.69) is 16.8 Å². The Morgan fingerprint density at radius 3 is 2.53 bits per heavy atom. The lowest BCUT2D eigenvalue weighted by Gasteiger charge is -2.34. The van der Waals surface area contributed by atoms with Gasteiger partial charge in [0.1, 0.15) is 5.82 Å². The average molecular weight is 413 g/mol. The number of carbonyl (C=O) groups excluding carboxylic acids is 1. The van der Waals surface area contributed by atoms with Crippen molar-refractivity contribution in [3.63, 3.8) is 0 Å². The van der Waals surface area contributed by atoms with Crippen LogP contribution in [0.4, 0.5) is 0 Å². The summed E-state index contributed by atoms with van der Waals surface area (Å²) in [7, 11) is 0. The van der Waals surface area contributed by atoms with E-state index in [0.717, 1.165) is 81.4 Å². The van der Waals surface area contributed by atoms with Crippen molar-refractivity contribution in [3.8, 4) is 0 Å². The van der Waals surface area contributed by atoms with E-state index < -0.39 is 0 Å². The van der Waals surface area contributed by atoms with E-state index in [1.165, 1.54) is 32.1 Å². The highest BCUT2D eigenvalue weighted by Gasteiger charge is 2.42. The zero-order valence-electron chi connectivity index (χ0n) is 18.4. The Morgan fingerprint density at radius 1 is 1.10 bits per heavy atom. The molecule has 6 heteroatoms. The first kappa shape index (κ1) is 20.2.